The number of hydrogen-bond acceptors (Lipinski definition) is 7. The van der Waals surface area contributed by atoms with E-state index >= 15 is 0 Å². The van der Waals surface area contributed by atoms with Crippen LogP contribution in [0.25, 0.3) is 10.2 Å². The summed E-state index contributed by atoms with van der Waals surface area (Å²) in [7, 11) is 1.60. The Morgan fingerprint density at radius 3 is 2.65 bits per heavy atom. The number of morpholine rings is 1. The van der Waals surface area contributed by atoms with Gasteiger partial charge in [0.05, 0.1) is 34.4 Å². The number of aryl methyl sites for hydroxylation is 1. The summed E-state index contributed by atoms with van der Waals surface area (Å²) < 4.78 is 6.51. The van der Waals surface area contributed by atoms with Crippen molar-refractivity contribution >= 4 is 39.2 Å². The van der Waals surface area contributed by atoms with Crippen molar-refractivity contribution in [3.8, 4) is 0 Å². The molecular weight excluding hydrogens is 524 g/mol. The number of nitrogens with zero attached hydrogens (tertiary/aromatic N) is 2. The Balaban J connectivity index is 1.41. The number of benzene rings is 1. The van der Waals surface area contributed by atoms with Gasteiger partial charge in [0.15, 0.2) is 5.78 Å². The number of amides is 2. The van der Waals surface area contributed by atoms with Crippen molar-refractivity contribution in [2.75, 3.05) is 39.9 Å². The van der Waals surface area contributed by atoms with Gasteiger partial charge in [-0.3, -0.25) is 19.3 Å². The molecule has 1 aliphatic carbocycles. The summed E-state index contributed by atoms with van der Waals surface area (Å²) in [5, 5.41) is 6.82. The molecule has 218 valence electrons. The molecule has 0 bridgehead atoms. The van der Waals surface area contributed by atoms with E-state index in [0.717, 1.165) is 60.4 Å². The highest BCUT2D eigenvalue weighted by Crippen LogP contribution is 2.31. The Kier molecular flexibility index (Phi) is 11.3. The van der Waals surface area contributed by atoms with Crippen LogP contribution in [0.5, 0.6) is 0 Å². The number of carbonyl (C=O) groups is 3. The fourth-order valence-corrected chi connectivity index (χ4v) is 6.90. The zero-order chi connectivity index (χ0) is 28.5. The summed E-state index contributed by atoms with van der Waals surface area (Å²) in [5.41, 5.74) is 2.80. The number of ketones is 1. The average molecular weight is 569 g/mol. The molecule has 2 heterocycles. The summed E-state index contributed by atoms with van der Waals surface area (Å²) in [6.07, 6.45) is 6.79. The first-order valence-electron chi connectivity index (χ1n) is 14.8. The zero-order valence-corrected chi connectivity index (χ0v) is 24.8. The molecule has 0 unspecified atom stereocenters. The van der Waals surface area contributed by atoms with E-state index in [9.17, 15) is 14.4 Å². The van der Waals surface area contributed by atoms with Crippen LogP contribution >= 0.6 is 11.3 Å². The second kappa shape index (κ2) is 14.8. The zero-order valence-electron chi connectivity index (χ0n) is 24.0. The topological polar surface area (TPSA) is 101 Å². The third-order valence-corrected chi connectivity index (χ3v) is 9.34. The molecule has 1 saturated heterocycles. The Morgan fingerprint density at radius 1 is 1.20 bits per heavy atom. The van der Waals surface area contributed by atoms with Gasteiger partial charge in [-0.1, -0.05) is 32.4 Å². The number of ether oxygens (including phenoxy) is 1. The minimum Gasteiger partial charge on any atom is -0.379 e. The summed E-state index contributed by atoms with van der Waals surface area (Å²) in [5.74, 6) is -0.413. The van der Waals surface area contributed by atoms with E-state index in [1.165, 1.54) is 5.56 Å². The van der Waals surface area contributed by atoms with Gasteiger partial charge < -0.3 is 15.4 Å². The molecule has 40 heavy (non-hydrogen) atoms. The van der Waals surface area contributed by atoms with Crippen LogP contribution in [0.1, 0.15) is 62.4 Å². The van der Waals surface area contributed by atoms with E-state index < -0.39 is 5.92 Å². The first-order chi connectivity index (χ1) is 19.4. The third-order valence-electron chi connectivity index (χ3n) is 8.30. The molecular formula is C31H44N4O4S. The molecule has 0 spiro atoms. The largest absolute Gasteiger partial charge is 0.379 e. The van der Waals surface area contributed by atoms with Gasteiger partial charge in [-0.15, -0.1) is 11.3 Å². The van der Waals surface area contributed by atoms with Crippen LogP contribution in [0.2, 0.25) is 0 Å². The molecule has 1 aromatic heterocycles. The second-order valence-corrected chi connectivity index (χ2v) is 12.3. The number of hydrogen-bond donors (Lipinski definition) is 2. The van der Waals surface area contributed by atoms with Gasteiger partial charge in [-0.05, 0) is 49.3 Å². The first kappa shape index (κ1) is 30.3. The molecule has 2 fully saturated rings. The van der Waals surface area contributed by atoms with E-state index in [-0.39, 0.29) is 30.1 Å². The Hall–Kier alpha value is -2.62. The SMILES string of the molecule is C=C(CN1CCOCC1)C(=O)CC[C@@H](NC(=O)[C@@H](CC(=O)NC)Cc1nc2ccc(CC)cc2s1)C1CCCC1. The third kappa shape index (κ3) is 8.44. The van der Waals surface area contributed by atoms with Gasteiger partial charge >= 0.3 is 0 Å². The lowest BCUT2D eigenvalue weighted by atomic mass is 9.91. The standard InChI is InChI=1S/C31H44N4O4S/c1-4-22-9-10-26-28(17-22)40-30(33-26)19-24(18-29(37)32-3)31(38)34-25(23-7-5-6-8-23)11-12-27(36)21(2)20-35-13-15-39-16-14-35/h9-10,17,23-25H,2,4-8,11-16,18-20H2,1,3H3,(H,32,37)(H,34,38)/t24-,25+/m0/s1. The van der Waals surface area contributed by atoms with Gasteiger partial charge in [-0.25, -0.2) is 4.98 Å². The van der Waals surface area contributed by atoms with Crippen LogP contribution in [0.4, 0.5) is 0 Å². The number of Topliss-reactive ketones (excluding diaryl/α,β-unsaturated/α-hetero) is 1. The predicted octanol–water partition coefficient (Wildman–Crippen LogP) is 4.07. The van der Waals surface area contributed by atoms with Gasteiger partial charge in [-0.2, -0.15) is 0 Å². The maximum atomic E-state index is 13.7. The fourth-order valence-electron chi connectivity index (χ4n) is 5.78. The van der Waals surface area contributed by atoms with Crippen LogP contribution in [0, 0.1) is 11.8 Å². The smallest absolute Gasteiger partial charge is 0.224 e. The summed E-state index contributed by atoms with van der Waals surface area (Å²) in [6, 6.07) is 6.18. The average Bonchev–Trinajstić information content (AvgIpc) is 3.64. The molecule has 2 amide bonds. The van der Waals surface area contributed by atoms with Crippen molar-refractivity contribution in [3.05, 3.63) is 40.9 Å². The van der Waals surface area contributed by atoms with E-state index in [1.807, 2.05) is 6.07 Å². The molecule has 2 aromatic rings. The molecule has 2 N–H and O–H groups in total. The Bertz CT molecular complexity index is 1180. The molecule has 1 aliphatic heterocycles. The highest BCUT2D eigenvalue weighted by Gasteiger charge is 2.31. The summed E-state index contributed by atoms with van der Waals surface area (Å²) in [6.45, 7) is 9.75. The molecule has 9 heteroatoms. The monoisotopic (exact) mass is 568 g/mol. The minimum atomic E-state index is -0.526. The predicted molar refractivity (Wildman–Crippen MR) is 159 cm³/mol. The maximum Gasteiger partial charge on any atom is 0.224 e. The van der Waals surface area contributed by atoms with E-state index in [4.69, 9.17) is 9.72 Å². The van der Waals surface area contributed by atoms with Crippen molar-refractivity contribution in [2.45, 2.75) is 70.8 Å². The number of aromatic nitrogens is 1. The van der Waals surface area contributed by atoms with E-state index in [0.29, 0.717) is 50.5 Å². The molecule has 4 rings (SSSR count). The van der Waals surface area contributed by atoms with Gasteiger partial charge in [0.1, 0.15) is 0 Å². The number of rotatable bonds is 14. The van der Waals surface area contributed by atoms with Crippen molar-refractivity contribution in [1.82, 2.24) is 20.5 Å². The van der Waals surface area contributed by atoms with Crippen LogP contribution in [-0.4, -0.2) is 73.4 Å². The lowest BCUT2D eigenvalue weighted by molar-refractivity contribution is -0.131. The molecule has 2 aliphatic rings. The van der Waals surface area contributed by atoms with Gasteiger partial charge in [0, 0.05) is 57.6 Å². The molecule has 1 saturated carbocycles. The molecule has 8 nitrogen and oxygen atoms in total. The lowest BCUT2D eigenvalue weighted by Crippen LogP contribution is -2.44. The number of nitrogens with one attached hydrogen (secondary N) is 2. The quantitative estimate of drug-likeness (QED) is 0.334. The van der Waals surface area contributed by atoms with E-state index in [1.54, 1.807) is 18.4 Å². The number of thiazole rings is 1. The van der Waals surface area contributed by atoms with Gasteiger partial charge in [0.25, 0.3) is 0 Å². The normalized spacial score (nSPS) is 17.9. The highest BCUT2D eigenvalue weighted by molar-refractivity contribution is 7.18. The van der Waals surface area contributed by atoms with Crippen LogP contribution in [-0.2, 0) is 32.0 Å². The fraction of sp³-hybridized carbons (Fsp3) is 0.613. The lowest BCUT2D eigenvalue weighted by Gasteiger charge is -2.28. The van der Waals surface area contributed by atoms with Crippen molar-refractivity contribution < 1.29 is 19.1 Å². The van der Waals surface area contributed by atoms with Crippen LogP contribution in [0.15, 0.2) is 30.4 Å². The summed E-state index contributed by atoms with van der Waals surface area (Å²) in [4.78, 5) is 46.0. The van der Waals surface area contributed by atoms with Gasteiger partial charge in [0.2, 0.25) is 11.8 Å². The van der Waals surface area contributed by atoms with Crippen molar-refractivity contribution in [3.63, 3.8) is 0 Å². The minimum absolute atomic E-state index is 0.0616. The maximum absolute atomic E-state index is 13.7. The highest BCUT2D eigenvalue weighted by atomic mass is 32.1. The van der Waals surface area contributed by atoms with Crippen LogP contribution in [0.3, 0.4) is 0 Å². The Morgan fingerprint density at radius 2 is 1.95 bits per heavy atom. The second-order valence-electron chi connectivity index (χ2n) is 11.2. The molecule has 0 radical (unpaired) electrons. The van der Waals surface area contributed by atoms with Crippen molar-refractivity contribution in [2.24, 2.45) is 11.8 Å². The Labute approximate surface area is 241 Å². The van der Waals surface area contributed by atoms with Crippen molar-refractivity contribution in [1.29, 1.82) is 0 Å². The summed E-state index contributed by atoms with van der Waals surface area (Å²) >= 11 is 1.59. The number of fused-ring (bicyclic) bond motifs is 1. The van der Waals surface area contributed by atoms with E-state index in [2.05, 4.69) is 41.2 Å². The number of carbonyl (C=O) groups excluding carboxylic acids is 3. The first-order valence-corrected chi connectivity index (χ1v) is 15.6. The van der Waals surface area contributed by atoms with Crippen LogP contribution < -0.4 is 10.6 Å². The molecule has 1 aromatic carbocycles. The molecule has 2 atom stereocenters.